The maximum atomic E-state index is 12.2. The minimum atomic E-state index is -4.00. The molecule has 2 unspecified atom stereocenters. The second kappa shape index (κ2) is 6.49. The Kier molecular flexibility index (Phi) is 5.46. The minimum absolute atomic E-state index is 0.105. The van der Waals surface area contributed by atoms with Crippen molar-refractivity contribution in [2.24, 2.45) is 5.92 Å². The van der Waals surface area contributed by atoms with Crippen LogP contribution in [0.25, 0.3) is 0 Å². The summed E-state index contributed by atoms with van der Waals surface area (Å²) in [5.41, 5.74) is -0.363. The average Bonchev–Trinajstić information content (AvgIpc) is 2.37. The Morgan fingerprint density at radius 2 is 2.05 bits per heavy atom. The summed E-state index contributed by atoms with van der Waals surface area (Å²) in [5, 5.41) is 19.6. The monoisotopic (exact) mass is 322 g/mol. The van der Waals surface area contributed by atoms with Crippen molar-refractivity contribution in [1.82, 2.24) is 4.72 Å². The number of nitrogens with zero attached hydrogens (tertiary/aromatic N) is 1. The number of benzene rings is 1. The second-order valence-electron chi connectivity index (χ2n) is 4.44. The lowest BCUT2D eigenvalue weighted by molar-refractivity contribution is -0.385. The number of non-ortho nitro benzene ring substituents is 1. The molecule has 0 aromatic heterocycles. The van der Waals surface area contributed by atoms with Gasteiger partial charge in [-0.3, -0.25) is 10.1 Å². The first-order chi connectivity index (χ1) is 9.19. The van der Waals surface area contributed by atoms with E-state index in [1.807, 2.05) is 0 Å². The molecule has 0 heterocycles. The van der Waals surface area contributed by atoms with Crippen molar-refractivity contribution in [2.75, 3.05) is 6.61 Å². The van der Waals surface area contributed by atoms with Gasteiger partial charge in [0.05, 0.1) is 9.95 Å². The predicted molar refractivity (Wildman–Crippen MR) is 74.1 cm³/mol. The van der Waals surface area contributed by atoms with Crippen LogP contribution >= 0.6 is 11.6 Å². The summed E-state index contributed by atoms with van der Waals surface area (Å²) in [7, 11) is -4.00. The molecule has 0 aliphatic heterocycles. The van der Waals surface area contributed by atoms with Crippen LogP contribution in [-0.2, 0) is 10.0 Å². The third kappa shape index (κ3) is 3.89. The van der Waals surface area contributed by atoms with Gasteiger partial charge >= 0.3 is 0 Å². The van der Waals surface area contributed by atoms with Crippen LogP contribution in [-0.4, -0.2) is 31.1 Å². The molecule has 2 atom stereocenters. The van der Waals surface area contributed by atoms with Gasteiger partial charge in [0.15, 0.2) is 0 Å². The largest absolute Gasteiger partial charge is 0.396 e. The summed E-state index contributed by atoms with van der Waals surface area (Å²) in [6, 6.07) is 2.65. The van der Waals surface area contributed by atoms with Crippen LogP contribution < -0.4 is 4.72 Å². The third-order valence-electron chi connectivity index (χ3n) is 2.90. The normalized spacial score (nSPS) is 14.8. The van der Waals surface area contributed by atoms with Crippen molar-refractivity contribution in [3.63, 3.8) is 0 Å². The highest BCUT2D eigenvalue weighted by atomic mass is 35.5. The lowest BCUT2D eigenvalue weighted by Crippen LogP contribution is -2.38. The summed E-state index contributed by atoms with van der Waals surface area (Å²) in [6.07, 6.45) is 0. The maximum absolute atomic E-state index is 12.2. The van der Waals surface area contributed by atoms with Crippen molar-refractivity contribution in [1.29, 1.82) is 0 Å². The van der Waals surface area contributed by atoms with Crippen molar-refractivity contribution < 1.29 is 18.4 Å². The standard InChI is InChI=1S/C11H15ClN2O5S/c1-7(6-15)8(2)13-20(18,19)11-5-9(14(16)17)3-4-10(11)12/h3-5,7-8,13,15H,6H2,1-2H3. The Hall–Kier alpha value is -1.22. The molecule has 0 radical (unpaired) electrons. The molecule has 0 bridgehead atoms. The molecule has 112 valence electrons. The Bertz CT molecular complexity index is 605. The fourth-order valence-electron chi connectivity index (χ4n) is 1.39. The van der Waals surface area contributed by atoms with Gasteiger partial charge in [0.1, 0.15) is 4.90 Å². The van der Waals surface area contributed by atoms with E-state index in [0.717, 1.165) is 18.2 Å². The van der Waals surface area contributed by atoms with Gasteiger partial charge in [-0.05, 0) is 18.9 Å². The van der Waals surface area contributed by atoms with Crippen molar-refractivity contribution in [3.8, 4) is 0 Å². The molecule has 0 amide bonds. The number of nitrogens with one attached hydrogen (secondary N) is 1. The highest BCUT2D eigenvalue weighted by Gasteiger charge is 2.25. The second-order valence-corrected chi connectivity index (χ2v) is 6.53. The van der Waals surface area contributed by atoms with Gasteiger partial charge in [-0.15, -0.1) is 0 Å². The van der Waals surface area contributed by atoms with Crippen LogP contribution in [0, 0.1) is 16.0 Å². The van der Waals surface area contributed by atoms with E-state index in [2.05, 4.69) is 4.72 Å². The molecule has 0 fully saturated rings. The molecule has 9 heteroatoms. The van der Waals surface area contributed by atoms with Gasteiger partial charge in [0.25, 0.3) is 5.69 Å². The van der Waals surface area contributed by atoms with E-state index in [1.165, 1.54) is 0 Å². The zero-order valence-corrected chi connectivity index (χ0v) is 12.5. The van der Waals surface area contributed by atoms with Crippen molar-refractivity contribution >= 4 is 27.3 Å². The quantitative estimate of drug-likeness (QED) is 0.610. The number of aliphatic hydroxyl groups is 1. The predicted octanol–water partition coefficient (Wildman–Crippen LogP) is 1.54. The molecule has 1 rings (SSSR count). The molecule has 0 aliphatic rings. The maximum Gasteiger partial charge on any atom is 0.270 e. The summed E-state index contributed by atoms with van der Waals surface area (Å²) >= 11 is 5.79. The number of sulfonamides is 1. The van der Waals surface area contributed by atoms with E-state index in [1.54, 1.807) is 13.8 Å². The van der Waals surface area contributed by atoms with Crippen LogP contribution in [0.1, 0.15) is 13.8 Å². The first-order valence-corrected chi connectivity index (χ1v) is 7.62. The number of halogens is 1. The van der Waals surface area contributed by atoms with E-state index in [4.69, 9.17) is 16.7 Å². The van der Waals surface area contributed by atoms with E-state index in [9.17, 15) is 18.5 Å². The molecule has 2 N–H and O–H groups in total. The fourth-order valence-corrected chi connectivity index (χ4v) is 3.27. The summed E-state index contributed by atoms with van der Waals surface area (Å²) < 4.78 is 26.7. The van der Waals surface area contributed by atoms with E-state index in [0.29, 0.717) is 0 Å². The summed E-state index contributed by atoms with van der Waals surface area (Å²) in [6.45, 7) is 3.07. The molecule has 0 saturated heterocycles. The average molecular weight is 323 g/mol. The highest BCUT2D eigenvalue weighted by Crippen LogP contribution is 2.26. The smallest absolute Gasteiger partial charge is 0.270 e. The van der Waals surface area contributed by atoms with E-state index in [-0.39, 0.29) is 28.1 Å². The van der Waals surface area contributed by atoms with Gasteiger partial charge in [-0.2, -0.15) is 0 Å². The number of nitro groups is 1. The van der Waals surface area contributed by atoms with Crippen LogP contribution in [0.15, 0.2) is 23.1 Å². The highest BCUT2D eigenvalue weighted by molar-refractivity contribution is 7.89. The van der Waals surface area contributed by atoms with Crippen LogP contribution in [0.4, 0.5) is 5.69 Å². The SMILES string of the molecule is CC(CO)C(C)NS(=O)(=O)c1cc([N+](=O)[O-])ccc1Cl. The fraction of sp³-hybridized carbons (Fsp3) is 0.455. The first kappa shape index (κ1) is 16.8. The van der Waals surface area contributed by atoms with Gasteiger partial charge in [-0.1, -0.05) is 18.5 Å². The molecular formula is C11H15ClN2O5S. The van der Waals surface area contributed by atoms with Crippen molar-refractivity contribution in [2.45, 2.75) is 24.8 Å². The summed E-state index contributed by atoms with van der Waals surface area (Å²) in [5.74, 6) is -0.303. The van der Waals surface area contributed by atoms with E-state index >= 15 is 0 Å². The first-order valence-electron chi connectivity index (χ1n) is 5.76. The van der Waals surface area contributed by atoms with Gasteiger partial charge in [0.2, 0.25) is 10.0 Å². The molecule has 0 spiro atoms. The lowest BCUT2D eigenvalue weighted by Gasteiger charge is -2.19. The third-order valence-corrected chi connectivity index (χ3v) is 4.94. The molecule has 1 aromatic carbocycles. The minimum Gasteiger partial charge on any atom is -0.396 e. The van der Waals surface area contributed by atoms with Gasteiger partial charge in [-0.25, -0.2) is 13.1 Å². The van der Waals surface area contributed by atoms with Gasteiger partial charge < -0.3 is 5.11 Å². The van der Waals surface area contributed by atoms with Crippen LogP contribution in [0.3, 0.4) is 0 Å². The zero-order valence-electron chi connectivity index (χ0n) is 10.9. The number of hydrogen-bond acceptors (Lipinski definition) is 5. The number of aliphatic hydroxyl groups excluding tert-OH is 1. The van der Waals surface area contributed by atoms with Crippen molar-refractivity contribution in [3.05, 3.63) is 33.3 Å². The Morgan fingerprint density at radius 1 is 1.45 bits per heavy atom. The number of nitro benzene ring substituents is 1. The number of rotatable bonds is 6. The molecule has 1 aromatic rings. The molecule has 0 aliphatic carbocycles. The Morgan fingerprint density at radius 3 is 2.55 bits per heavy atom. The van der Waals surface area contributed by atoms with Crippen LogP contribution in [0.2, 0.25) is 5.02 Å². The zero-order chi connectivity index (χ0) is 15.5. The topological polar surface area (TPSA) is 110 Å². The lowest BCUT2D eigenvalue weighted by atomic mass is 10.1. The number of hydrogen-bond donors (Lipinski definition) is 2. The summed E-state index contributed by atoms with van der Waals surface area (Å²) in [4.78, 5) is 9.63. The Labute approximate surface area is 121 Å². The molecule has 20 heavy (non-hydrogen) atoms. The molecule has 0 saturated carbocycles. The molecule has 7 nitrogen and oxygen atoms in total. The molecular weight excluding hydrogens is 308 g/mol. The van der Waals surface area contributed by atoms with E-state index < -0.39 is 21.0 Å². The van der Waals surface area contributed by atoms with Gasteiger partial charge in [0, 0.05) is 24.8 Å². The van der Waals surface area contributed by atoms with Crippen LogP contribution in [0.5, 0.6) is 0 Å². The Balaban J connectivity index is 3.15.